The highest BCUT2D eigenvalue weighted by atomic mass is 16.4. The molecule has 4 nitrogen and oxygen atoms in total. The van der Waals surface area contributed by atoms with Crippen LogP contribution in [0.1, 0.15) is 15.9 Å². The fourth-order valence-corrected chi connectivity index (χ4v) is 1.98. The molecule has 19 heavy (non-hydrogen) atoms. The van der Waals surface area contributed by atoms with Gasteiger partial charge < -0.3 is 9.51 Å². The van der Waals surface area contributed by atoms with Crippen molar-refractivity contribution in [1.82, 2.24) is 9.38 Å². The summed E-state index contributed by atoms with van der Waals surface area (Å²) in [6.45, 7) is 2.03. The van der Waals surface area contributed by atoms with Gasteiger partial charge in [0.1, 0.15) is 5.65 Å². The van der Waals surface area contributed by atoms with Crippen LogP contribution in [0.4, 0.5) is 0 Å². The van der Waals surface area contributed by atoms with E-state index in [1.165, 1.54) is 5.56 Å². The number of rotatable bonds is 2. The molecule has 0 saturated carbocycles. The number of benzene rings is 1. The van der Waals surface area contributed by atoms with Crippen molar-refractivity contribution in [3.63, 3.8) is 0 Å². The minimum absolute atomic E-state index is 0.250. The van der Waals surface area contributed by atoms with Crippen LogP contribution in [0.3, 0.4) is 0 Å². The highest BCUT2D eigenvalue weighted by Gasteiger charge is 2.07. The van der Waals surface area contributed by atoms with Crippen LogP contribution in [-0.4, -0.2) is 20.5 Å². The first-order valence-electron chi connectivity index (χ1n) is 5.92. The Morgan fingerprint density at radius 3 is 2.53 bits per heavy atom. The SMILES string of the molecule is Cc1ccc(-c2cn3cc(C(=O)O)ccc3n2)cc1. The van der Waals surface area contributed by atoms with Gasteiger partial charge in [-0.1, -0.05) is 29.8 Å². The Hall–Kier alpha value is -2.62. The number of carbonyl (C=O) groups is 1. The first-order valence-corrected chi connectivity index (χ1v) is 5.92. The van der Waals surface area contributed by atoms with Crippen LogP contribution in [0.5, 0.6) is 0 Å². The Kier molecular flexibility index (Phi) is 2.56. The van der Waals surface area contributed by atoms with Crippen molar-refractivity contribution in [3.05, 3.63) is 59.9 Å². The third-order valence-corrected chi connectivity index (χ3v) is 3.05. The van der Waals surface area contributed by atoms with Gasteiger partial charge in [-0.25, -0.2) is 9.78 Å². The Balaban J connectivity index is 2.11. The molecule has 1 N–H and O–H groups in total. The molecule has 0 bridgehead atoms. The van der Waals surface area contributed by atoms with Crippen LogP contribution in [0.2, 0.25) is 0 Å². The number of carboxylic acid groups (broad SMARTS) is 1. The maximum atomic E-state index is 10.9. The van der Waals surface area contributed by atoms with Crippen LogP contribution in [0, 0.1) is 6.92 Å². The molecule has 1 aromatic carbocycles. The van der Waals surface area contributed by atoms with E-state index in [-0.39, 0.29) is 5.56 Å². The van der Waals surface area contributed by atoms with Gasteiger partial charge >= 0.3 is 5.97 Å². The molecule has 2 heterocycles. The molecule has 94 valence electrons. The normalized spacial score (nSPS) is 10.8. The summed E-state index contributed by atoms with van der Waals surface area (Å²) in [5.41, 5.74) is 4.04. The van der Waals surface area contributed by atoms with Gasteiger partial charge in [-0.2, -0.15) is 0 Å². The Labute approximate surface area is 110 Å². The van der Waals surface area contributed by atoms with E-state index in [0.717, 1.165) is 16.9 Å². The molecule has 0 aliphatic heterocycles. The van der Waals surface area contributed by atoms with Gasteiger partial charge in [0.15, 0.2) is 0 Å². The molecule has 4 heteroatoms. The summed E-state index contributed by atoms with van der Waals surface area (Å²) in [7, 11) is 0. The number of nitrogens with zero attached hydrogens (tertiary/aromatic N) is 2. The predicted octanol–water partition coefficient (Wildman–Crippen LogP) is 3.01. The largest absolute Gasteiger partial charge is 0.478 e. The first-order chi connectivity index (χ1) is 9.13. The lowest BCUT2D eigenvalue weighted by Crippen LogP contribution is -1.97. The molecule has 0 fully saturated rings. The van der Waals surface area contributed by atoms with Crippen molar-refractivity contribution in [2.24, 2.45) is 0 Å². The van der Waals surface area contributed by atoms with Crippen LogP contribution < -0.4 is 0 Å². The van der Waals surface area contributed by atoms with E-state index in [2.05, 4.69) is 4.98 Å². The van der Waals surface area contributed by atoms with Crippen molar-refractivity contribution >= 4 is 11.6 Å². The third kappa shape index (κ3) is 2.08. The van der Waals surface area contributed by atoms with E-state index < -0.39 is 5.97 Å². The molecule has 0 radical (unpaired) electrons. The molecule has 3 aromatic rings. The minimum atomic E-state index is -0.938. The quantitative estimate of drug-likeness (QED) is 0.762. The number of aromatic carboxylic acids is 1. The number of hydrogen-bond donors (Lipinski definition) is 1. The van der Waals surface area contributed by atoms with Crippen LogP contribution >= 0.6 is 0 Å². The smallest absolute Gasteiger partial charge is 0.337 e. The fourth-order valence-electron chi connectivity index (χ4n) is 1.98. The maximum Gasteiger partial charge on any atom is 0.337 e. The highest BCUT2D eigenvalue weighted by Crippen LogP contribution is 2.20. The summed E-state index contributed by atoms with van der Waals surface area (Å²) < 4.78 is 1.73. The molecule has 0 unspecified atom stereocenters. The van der Waals surface area contributed by atoms with Gasteiger partial charge in [-0.05, 0) is 19.1 Å². The molecule has 0 aliphatic rings. The Bertz CT molecular complexity index is 757. The topological polar surface area (TPSA) is 54.6 Å². The van der Waals surface area contributed by atoms with Crippen molar-refractivity contribution in [2.75, 3.05) is 0 Å². The average molecular weight is 252 g/mol. The van der Waals surface area contributed by atoms with Crippen molar-refractivity contribution < 1.29 is 9.90 Å². The number of pyridine rings is 1. The summed E-state index contributed by atoms with van der Waals surface area (Å²) in [5, 5.41) is 8.96. The summed E-state index contributed by atoms with van der Waals surface area (Å²) in [6.07, 6.45) is 3.41. The van der Waals surface area contributed by atoms with Crippen LogP contribution in [0.25, 0.3) is 16.9 Å². The van der Waals surface area contributed by atoms with Crippen LogP contribution in [0.15, 0.2) is 48.8 Å². The fraction of sp³-hybridized carbons (Fsp3) is 0.0667. The molecule has 0 saturated heterocycles. The molecular formula is C15H12N2O2. The van der Waals surface area contributed by atoms with Crippen molar-refractivity contribution in [1.29, 1.82) is 0 Å². The van der Waals surface area contributed by atoms with Crippen molar-refractivity contribution in [3.8, 4) is 11.3 Å². The molecular weight excluding hydrogens is 240 g/mol. The zero-order chi connectivity index (χ0) is 13.4. The molecule has 0 aliphatic carbocycles. The van der Waals surface area contributed by atoms with Crippen molar-refractivity contribution in [2.45, 2.75) is 6.92 Å². The summed E-state index contributed by atoms with van der Waals surface area (Å²) in [5.74, 6) is -0.938. The number of imidazole rings is 1. The van der Waals surface area contributed by atoms with E-state index in [1.54, 1.807) is 22.7 Å². The molecule has 0 spiro atoms. The van der Waals surface area contributed by atoms with E-state index in [0.29, 0.717) is 0 Å². The van der Waals surface area contributed by atoms with E-state index in [1.807, 2.05) is 37.4 Å². The second-order valence-corrected chi connectivity index (χ2v) is 4.48. The zero-order valence-electron chi connectivity index (χ0n) is 10.4. The Morgan fingerprint density at radius 2 is 1.84 bits per heavy atom. The van der Waals surface area contributed by atoms with Gasteiger partial charge in [0.2, 0.25) is 0 Å². The Morgan fingerprint density at radius 1 is 1.11 bits per heavy atom. The standard InChI is InChI=1S/C15H12N2O2/c1-10-2-4-11(5-3-10)13-9-17-8-12(15(18)19)6-7-14(17)16-13/h2-9H,1H3,(H,18,19). The van der Waals surface area contributed by atoms with Gasteiger partial charge in [-0.3, -0.25) is 0 Å². The lowest BCUT2D eigenvalue weighted by atomic mass is 10.1. The number of carboxylic acids is 1. The number of aromatic nitrogens is 2. The molecule has 3 rings (SSSR count). The summed E-state index contributed by atoms with van der Waals surface area (Å²) in [4.78, 5) is 15.4. The molecule has 0 amide bonds. The van der Waals surface area contributed by atoms with Gasteiger partial charge in [0.25, 0.3) is 0 Å². The lowest BCUT2D eigenvalue weighted by molar-refractivity contribution is 0.0696. The van der Waals surface area contributed by atoms with Gasteiger partial charge in [-0.15, -0.1) is 0 Å². The minimum Gasteiger partial charge on any atom is -0.478 e. The number of aryl methyl sites for hydroxylation is 1. The zero-order valence-corrected chi connectivity index (χ0v) is 10.4. The number of fused-ring (bicyclic) bond motifs is 1. The third-order valence-electron chi connectivity index (χ3n) is 3.05. The second kappa shape index (κ2) is 4.24. The second-order valence-electron chi connectivity index (χ2n) is 4.48. The van der Waals surface area contributed by atoms with Crippen LogP contribution in [-0.2, 0) is 0 Å². The average Bonchev–Trinajstić information content (AvgIpc) is 2.82. The summed E-state index contributed by atoms with van der Waals surface area (Å²) in [6, 6.07) is 11.3. The predicted molar refractivity (Wildman–Crippen MR) is 72.3 cm³/mol. The first kappa shape index (κ1) is 11.5. The molecule has 2 aromatic heterocycles. The maximum absolute atomic E-state index is 10.9. The van der Waals surface area contributed by atoms with E-state index >= 15 is 0 Å². The van der Waals surface area contributed by atoms with Gasteiger partial charge in [0, 0.05) is 18.0 Å². The summed E-state index contributed by atoms with van der Waals surface area (Å²) >= 11 is 0. The number of hydrogen-bond acceptors (Lipinski definition) is 2. The van der Waals surface area contributed by atoms with E-state index in [4.69, 9.17) is 5.11 Å². The highest BCUT2D eigenvalue weighted by molar-refractivity contribution is 5.87. The lowest BCUT2D eigenvalue weighted by Gasteiger charge is -1.96. The monoisotopic (exact) mass is 252 g/mol. The van der Waals surface area contributed by atoms with E-state index in [9.17, 15) is 4.79 Å². The molecule has 0 atom stereocenters. The van der Waals surface area contributed by atoms with Gasteiger partial charge in [0.05, 0.1) is 11.3 Å².